The second kappa shape index (κ2) is 11.2. The van der Waals surface area contributed by atoms with Crippen LogP contribution in [0, 0.1) is 11.3 Å². The minimum atomic E-state index is -0.217. The molecule has 0 heterocycles. The molecule has 0 aromatic heterocycles. The lowest BCUT2D eigenvalue weighted by Gasteiger charge is -2.36. The van der Waals surface area contributed by atoms with E-state index in [1.807, 2.05) is 29.2 Å². The molecule has 0 aliphatic heterocycles. The Morgan fingerprint density at radius 2 is 1.66 bits per heavy atom. The normalized spacial score (nSPS) is 17.3. The third kappa shape index (κ3) is 6.07. The van der Waals surface area contributed by atoms with Crippen LogP contribution in [0.2, 0.25) is 5.02 Å². The smallest absolute Gasteiger partial charge is 0.255 e. The van der Waals surface area contributed by atoms with Gasteiger partial charge >= 0.3 is 0 Å². The molecule has 35 heavy (non-hydrogen) atoms. The van der Waals surface area contributed by atoms with Crippen LogP contribution in [0.15, 0.2) is 72.8 Å². The summed E-state index contributed by atoms with van der Waals surface area (Å²) in [4.78, 5) is 28.0. The Kier molecular flexibility index (Phi) is 7.81. The standard InChI is InChI=1S/C28H27ClN4O2/c29-26-15-12-24(32-27(34)20-4-2-1-3-5-20)16-22(26)18-33(25-13-10-23(31)11-14-25)28(35)21-8-6-19(17-30)7-9-21/h1-9,12,15-16,23,25H,10-11,13-14,18,31H2,(H,32,34). The lowest BCUT2D eigenvalue weighted by atomic mass is 9.90. The highest BCUT2D eigenvalue weighted by molar-refractivity contribution is 6.31. The first-order valence-electron chi connectivity index (χ1n) is 11.7. The van der Waals surface area contributed by atoms with Gasteiger partial charge in [-0.25, -0.2) is 0 Å². The number of nitrogens with zero attached hydrogens (tertiary/aromatic N) is 2. The summed E-state index contributed by atoms with van der Waals surface area (Å²) in [5.74, 6) is -0.338. The van der Waals surface area contributed by atoms with E-state index < -0.39 is 0 Å². The molecule has 0 unspecified atom stereocenters. The largest absolute Gasteiger partial charge is 0.331 e. The van der Waals surface area contributed by atoms with Crippen LogP contribution in [0.25, 0.3) is 0 Å². The van der Waals surface area contributed by atoms with Crippen LogP contribution in [0.1, 0.15) is 57.5 Å². The van der Waals surface area contributed by atoms with Gasteiger partial charge in [-0.2, -0.15) is 5.26 Å². The molecule has 3 N–H and O–H groups in total. The van der Waals surface area contributed by atoms with Gasteiger partial charge in [0.1, 0.15) is 0 Å². The number of nitriles is 1. The van der Waals surface area contributed by atoms with Gasteiger partial charge in [-0.1, -0.05) is 29.8 Å². The summed E-state index contributed by atoms with van der Waals surface area (Å²) in [6, 6.07) is 23.2. The molecule has 0 atom stereocenters. The molecule has 0 saturated heterocycles. The number of benzene rings is 3. The summed E-state index contributed by atoms with van der Waals surface area (Å²) in [5, 5.41) is 12.5. The number of halogens is 1. The zero-order chi connectivity index (χ0) is 24.8. The van der Waals surface area contributed by atoms with Gasteiger partial charge in [-0.15, -0.1) is 0 Å². The molecule has 4 rings (SSSR count). The Hall–Kier alpha value is -3.66. The van der Waals surface area contributed by atoms with Gasteiger partial charge in [-0.05, 0) is 85.8 Å². The molecule has 2 amide bonds. The van der Waals surface area contributed by atoms with Crippen molar-refractivity contribution >= 4 is 29.1 Å². The fraction of sp³-hybridized carbons (Fsp3) is 0.250. The molecule has 178 valence electrons. The first kappa shape index (κ1) is 24.5. The Bertz CT molecular complexity index is 1230. The second-order valence-electron chi connectivity index (χ2n) is 8.82. The lowest BCUT2D eigenvalue weighted by Crippen LogP contribution is -2.44. The molecule has 1 aliphatic rings. The number of carbonyl (C=O) groups excluding carboxylic acids is 2. The molecular weight excluding hydrogens is 460 g/mol. The van der Waals surface area contributed by atoms with Crippen molar-refractivity contribution in [2.45, 2.75) is 44.3 Å². The van der Waals surface area contributed by atoms with E-state index in [4.69, 9.17) is 22.6 Å². The number of carbonyl (C=O) groups is 2. The highest BCUT2D eigenvalue weighted by Gasteiger charge is 2.29. The maximum Gasteiger partial charge on any atom is 0.255 e. The molecule has 0 bridgehead atoms. The summed E-state index contributed by atoms with van der Waals surface area (Å²) in [6.07, 6.45) is 3.32. The summed E-state index contributed by atoms with van der Waals surface area (Å²) < 4.78 is 0. The summed E-state index contributed by atoms with van der Waals surface area (Å²) in [6.45, 7) is 0.298. The zero-order valence-corrected chi connectivity index (χ0v) is 20.0. The number of nitrogens with one attached hydrogen (secondary N) is 1. The number of hydrogen-bond acceptors (Lipinski definition) is 4. The number of rotatable bonds is 6. The fourth-order valence-corrected chi connectivity index (χ4v) is 4.56. The zero-order valence-electron chi connectivity index (χ0n) is 19.3. The van der Waals surface area contributed by atoms with Crippen molar-refractivity contribution in [2.24, 2.45) is 5.73 Å². The third-order valence-electron chi connectivity index (χ3n) is 6.38. The van der Waals surface area contributed by atoms with Gasteiger partial charge in [0.15, 0.2) is 0 Å². The van der Waals surface area contributed by atoms with Crippen molar-refractivity contribution in [2.75, 3.05) is 5.32 Å². The average Bonchev–Trinajstić information content (AvgIpc) is 2.89. The van der Waals surface area contributed by atoms with E-state index in [9.17, 15) is 9.59 Å². The minimum absolute atomic E-state index is 0.0246. The molecular formula is C28H27ClN4O2. The van der Waals surface area contributed by atoms with Gasteiger partial charge in [-0.3, -0.25) is 9.59 Å². The van der Waals surface area contributed by atoms with Crippen LogP contribution in [-0.4, -0.2) is 28.8 Å². The van der Waals surface area contributed by atoms with Crippen LogP contribution >= 0.6 is 11.6 Å². The first-order chi connectivity index (χ1) is 16.9. The monoisotopic (exact) mass is 486 g/mol. The van der Waals surface area contributed by atoms with Crippen molar-refractivity contribution in [3.63, 3.8) is 0 Å². The molecule has 6 nitrogen and oxygen atoms in total. The van der Waals surface area contributed by atoms with Crippen LogP contribution in [0.5, 0.6) is 0 Å². The van der Waals surface area contributed by atoms with E-state index >= 15 is 0 Å². The molecule has 7 heteroatoms. The number of hydrogen-bond donors (Lipinski definition) is 2. The van der Waals surface area contributed by atoms with Crippen molar-refractivity contribution in [3.05, 3.63) is 100 Å². The summed E-state index contributed by atoms with van der Waals surface area (Å²) in [5.41, 5.74) is 9.04. The quantitative estimate of drug-likeness (QED) is 0.488. The number of amides is 2. The Morgan fingerprint density at radius 3 is 2.31 bits per heavy atom. The second-order valence-corrected chi connectivity index (χ2v) is 9.22. The van der Waals surface area contributed by atoms with E-state index in [0.29, 0.717) is 33.9 Å². The van der Waals surface area contributed by atoms with E-state index in [1.54, 1.807) is 48.5 Å². The van der Waals surface area contributed by atoms with Crippen molar-refractivity contribution in [1.82, 2.24) is 4.90 Å². The van der Waals surface area contributed by atoms with Crippen LogP contribution in [-0.2, 0) is 6.54 Å². The summed E-state index contributed by atoms with van der Waals surface area (Å²) in [7, 11) is 0. The number of nitrogens with two attached hydrogens (primary N) is 1. The van der Waals surface area contributed by atoms with E-state index in [-0.39, 0.29) is 23.9 Å². The fourth-order valence-electron chi connectivity index (χ4n) is 4.38. The van der Waals surface area contributed by atoms with Crippen molar-refractivity contribution in [1.29, 1.82) is 5.26 Å². The molecule has 1 saturated carbocycles. The average molecular weight is 487 g/mol. The Morgan fingerprint density at radius 1 is 0.971 bits per heavy atom. The predicted molar refractivity (Wildman–Crippen MR) is 137 cm³/mol. The Balaban J connectivity index is 1.59. The molecule has 0 radical (unpaired) electrons. The highest BCUT2D eigenvalue weighted by Crippen LogP contribution is 2.29. The number of anilines is 1. The van der Waals surface area contributed by atoms with Crippen LogP contribution in [0.3, 0.4) is 0 Å². The maximum absolute atomic E-state index is 13.6. The molecule has 3 aromatic carbocycles. The van der Waals surface area contributed by atoms with Gasteiger partial charge in [0.05, 0.1) is 11.6 Å². The molecule has 3 aromatic rings. The SMILES string of the molecule is N#Cc1ccc(C(=O)N(Cc2cc(NC(=O)c3ccccc3)ccc2Cl)C2CCC(N)CC2)cc1. The third-order valence-corrected chi connectivity index (χ3v) is 6.75. The molecule has 1 aliphatic carbocycles. The minimum Gasteiger partial charge on any atom is -0.331 e. The van der Waals surface area contributed by atoms with Gasteiger partial charge in [0.25, 0.3) is 11.8 Å². The molecule has 1 fully saturated rings. The van der Waals surface area contributed by atoms with Gasteiger partial charge in [0, 0.05) is 40.5 Å². The predicted octanol–water partition coefficient (Wildman–Crippen LogP) is 5.38. The van der Waals surface area contributed by atoms with Crippen LogP contribution in [0.4, 0.5) is 5.69 Å². The lowest BCUT2D eigenvalue weighted by molar-refractivity contribution is 0.0606. The maximum atomic E-state index is 13.6. The van der Waals surface area contributed by atoms with Gasteiger partial charge in [0.2, 0.25) is 0 Å². The van der Waals surface area contributed by atoms with Crippen molar-refractivity contribution < 1.29 is 9.59 Å². The highest BCUT2D eigenvalue weighted by atomic mass is 35.5. The van der Waals surface area contributed by atoms with E-state index in [0.717, 1.165) is 31.2 Å². The Labute approximate surface area is 210 Å². The van der Waals surface area contributed by atoms with E-state index in [1.165, 1.54) is 0 Å². The van der Waals surface area contributed by atoms with Gasteiger partial charge < -0.3 is 16.0 Å². The first-order valence-corrected chi connectivity index (χ1v) is 12.0. The topological polar surface area (TPSA) is 99.2 Å². The van der Waals surface area contributed by atoms with E-state index in [2.05, 4.69) is 11.4 Å². The summed E-state index contributed by atoms with van der Waals surface area (Å²) >= 11 is 6.54. The van der Waals surface area contributed by atoms with Crippen molar-refractivity contribution in [3.8, 4) is 6.07 Å². The molecule has 0 spiro atoms. The van der Waals surface area contributed by atoms with Crippen LogP contribution < -0.4 is 11.1 Å².